The molecule has 0 heterocycles. The third-order valence-corrected chi connectivity index (χ3v) is 203. The quantitative estimate of drug-likeness (QED) is 0.472. The molecule has 1 rings (SSSR count). The van der Waals surface area contributed by atoms with Gasteiger partial charge in [-0.2, -0.15) is 0 Å². The minimum absolute atomic E-state index is 0.145. The van der Waals surface area contributed by atoms with E-state index in [1.54, 1.807) is 125 Å². The van der Waals surface area contributed by atoms with Gasteiger partial charge in [-0.1, -0.05) is 20.8 Å². The number of hydrogen-bond donors (Lipinski definition) is 1. The molecule has 644 valence electrons. The van der Waals surface area contributed by atoms with Crippen LogP contribution in [0.1, 0.15) is 31.1 Å². The standard InChI is InChI=1S/C13H17NO3.S92/c1-13(2,3)12(16)14-11-7-10(17-4)6-5-9(11)8-15;1-3-5-7-9-11-13-15-17-19-21-23-25-27-29-31-33-35-37-39-41-43-45-47-49-51-53-55-57-59-61-63-65-67-69-71-73-75-77-79-81-83-85-87-89-91-92-90-88-86-84-82-80-78-76-74-72-70-68-66-64-62-60-58-56-54-52-50-48-46-44-42-40-38-36-34-32-30-28-26-24-22-20-18-16-14-12-10-8-6-4-2/h5-8H,1-4H3,(H,14,16);. The van der Waals surface area contributed by atoms with Crippen molar-refractivity contribution < 1.29 is 14.3 Å². The summed E-state index contributed by atoms with van der Waals surface area (Å²) in [6.07, 6.45) is 0.706. The molecule has 0 spiro atoms. The van der Waals surface area contributed by atoms with E-state index >= 15 is 0 Å². The second-order valence-electron chi connectivity index (χ2n) is 10.9. The first kappa shape index (κ1) is 127. The summed E-state index contributed by atoms with van der Waals surface area (Å²) in [6, 6.07) is 4.92. The van der Waals surface area contributed by atoms with Gasteiger partial charge in [-0.25, -0.2) is 0 Å². The number of benzene rings is 1. The lowest BCUT2D eigenvalue weighted by atomic mass is 9.95. The highest BCUT2D eigenvalue weighted by molar-refractivity contribution is 8.86. The molecule has 1 aromatic carbocycles. The maximum Gasteiger partial charge on any atom is 0.229 e. The van der Waals surface area contributed by atoms with Crippen LogP contribution in [0, 0.1) is 5.41 Å². The number of hydrogen-bond acceptors (Lipinski definition) is 5. The zero-order valence-electron chi connectivity index (χ0n) is 48.1. The normalized spacial score (nSPS) is 8.33. The van der Waals surface area contributed by atoms with Crippen molar-refractivity contribution in [1.82, 2.24) is 0 Å². The fraction of sp³-hybridized carbons (Fsp3) is 0.385. The van der Waals surface area contributed by atoms with Gasteiger partial charge in [0.1, 0.15) is 5.75 Å². The highest BCUT2D eigenvalue weighted by Gasteiger charge is 2.22. The van der Waals surface area contributed by atoms with Gasteiger partial charge in [0.15, 0.2) is 6.29 Å². The van der Waals surface area contributed by atoms with E-state index in [1.807, 2.05) is 696 Å². The average Bonchev–Trinajstić information content (AvgIpc) is 0.846. The number of aldehydes is 1. The summed E-state index contributed by atoms with van der Waals surface area (Å²) in [5.74, 6) is 0.452. The molecule has 1 N–H and O–H groups in total. The molecule has 0 aromatic heterocycles. The minimum atomic E-state index is -0.511. The minimum Gasteiger partial charge on any atom is -0.497 e. The van der Waals surface area contributed by atoms with E-state index in [1.165, 1.54) is 24.9 Å². The van der Waals surface area contributed by atoms with Gasteiger partial charge in [0.25, 0.3) is 0 Å². The van der Waals surface area contributed by atoms with Gasteiger partial charge in [0.05, 0.1) is 12.8 Å². The summed E-state index contributed by atoms with van der Waals surface area (Å²) in [5, 5.41) is 2.73. The van der Waals surface area contributed by atoms with E-state index in [9.17, 15) is 9.59 Å². The second-order valence-corrected chi connectivity index (χ2v) is 170. The molecule has 0 radical (unpaired) electrons. The van der Waals surface area contributed by atoms with Crippen LogP contribution in [-0.4, -0.2) is 19.3 Å². The molecular formula is C13H17NO3S92. The molecular weight excluding hydrogens is 3170 g/mol. The molecule has 0 aliphatic heterocycles. The van der Waals surface area contributed by atoms with Crippen LogP contribution in [0.25, 0.3) is 0 Å². The molecule has 0 unspecified atom stereocenters. The van der Waals surface area contributed by atoms with Gasteiger partial charge in [0.2, 0.25) is 5.91 Å². The number of anilines is 1. The Labute approximate surface area is 895 Å². The smallest absolute Gasteiger partial charge is 0.229 e. The van der Waals surface area contributed by atoms with Crippen LogP contribution in [-0.2, 0) is 826 Å². The molecule has 0 saturated carbocycles. The van der Waals surface area contributed by atoms with E-state index in [4.69, 9.17) is 27.1 Å². The molecule has 0 aliphatic carbocycles. The zero-order chi connectivity index (χ0) is 78.7. The maximum atomic E-state index is 11.8. The fourth-order valence-corrected chi connectivity index (χ4v) is 244. The van der Waals surface area contributed by atoms with Gasteiger partial charge in [-0.05, 0) is 12.1 Å². The summed E-state index contributed by atoms with van der Waals surface area (Å²) in [5.41, 5.74) is 0.395. The number of ether oxygens (including phenoxy) is 1. The monoisotopic (exact) mass is 3180 g/mol. The van der Waals surface area contributed by atoms with Crippen LogP contribution < -0.4 is 10.1 Å². The SMILES string of the molecule is COc1ccc(C=O)c(NC(=O)C(C)(C)C)c1.S=S=S=S=S=S=S=S=S=S=S=S=S=S=S=S=S=S=S=S=S=S=S=S=S=S=S=S=S=S=S=S=S=S=S=S=S=S=S=S=S=S=S=S=S=S=S=S=S=S=S=S=S=S=S=S=S=S=S=S=S=S=S=S=S=S=S=S=S=S=S=S=S=S=S=S=S=S=S=S=S=S=S=S=S=S=S=S=S=S=S=S. The Morgan fingerprint density at radius 2 is 0.385 bits per heavy atom. The molecule has 109 heavy (non-hydrogen) atoms. The predicted octanol–water partition coefficient (Wildman–Crippen LogP) is 2.27. The van der Waals surface area contributed by atoms with Crippen LogP contribution in [0.4, 0.5) is 5.69 Å². The third kappa shape index (κ3) is 108. The van der Waals surface area contributed by atoms with Crippen molar-refractivity contribution in [1.29, 1.82) is 0 Å². The number of rotatable bonds is 3. The number of methoxy groups -OCH3 is 1. The number of carbonyl (C=O) groups is 2. The Kier molecular flexibility index (Phi) is 133. The van der Waals surface area contributed by atoms with Crippen molar-refractivity contribution in [2.75, 3.05) is 12.4 Å². The summed E-state index contributed by atoms with van der Waals surface area (Å²) in [6.45, 7) is 5.43. The molecule has 0 atom stereocenters. The lowest BCUT2D eigenvalue weighted by Crippen LogP contribution is -2.28. The summed E-state index contributed by atoms with van der Waals surface area (Å²) < 4.78 is 5.05. The number of carbonyl (C=O) groups excluding carboxylic acids is 2. The first-order chi connectivity index (χ1) is 53.8. The Bertz CT molecular complexity index is 7700. The van der Waals surface area contributed by atoms with Crippen LogP contribution >= 0.6 is 0 Å². The van der Waals surface area contributed by atoms with Crippen molar-refractivity contribution in [3.05, 3.63) is 23.8 Å². The molecule has 0 saturated heterocycles. The zero-order valence-corrected chi connectivity index (χ0v) is 123. The van der Waals surface area contributed by atoms with E-state index in [2.05, 4.69) is 5.32 Å². The summed E-state index contributed by atoms with van der Waals surface area (Å²) in [7, 11) is 164. The van der Waals surface area contributed by atoms with Gasteiger partial charge in [-0.3, -0.25) is 9.59 Å². The lowest BCUT2D eigenvalue weighted by molar-refractivity contribution is -0.123. The Balaban J connectivity index is 0.00000598. The van der Waals surface area contributed by atoms with Gasteiger partial charge >= 0.3 is 0 Å². The topological polar surface area (TPSA) is 55.4 Å². The fourth-order valence-electron chi connectivity index (χ4n) is 2.18. The van der Waals surface area contributed by atoms with Crippen molar-refractivity contribution >= 4 is 840 Å². The van der Waals surface area contributed by atoms with Crippen LogP contribution in [0.15, 0.2) is 18.2 Å². The maximum absolute atomic E-state index is 11.8. The van der Waals surface area contributed by atoms with E-state index in [-0.39, 0.29) is 5.91 Å². The van der Waals surface area contributed by atoms with Crippen LogP contribution in [0.2, 0.25) is 0 Å². The molecule has 0 bridgehead atoms. The van der Waals surface area contributed by atoms with Crippen molar-refractivity contribution in [3.8, 4) is 5.75 Å². The van der Waals surface area contributed by atoms with Gasteiger partial charge < -0.3 is 10.1 Å². The predicted molar refractivity (Wildman–Crippen MR) is 744 cm³/mol. The number of nitrogens with one attached hydrogen (secondary N) is 1. The summed E-state index contributed by atoms with van der Waals surface area (Å²) >= 11 is 9.66. The molecule has 0 aliphatic rings. The lowest BCUT2D eigenvalue weighted by Gasteiger charge is -2.18. The van der Waals surface area contributed by atoms with E-state index in [0.29, 0.717) is 23.3 Å². The van der Waals surface area contributed by atoms with E-state index in [0.717, 1.165) is 0 Å². The third-order valence-electron chi connectivity index (χ3n) is 4.79. The largest absolute Gasteiger partial charge is 0.497 e. The highest BCUT2D eigenvalue weighted by Crippen LogP contribution is 2.24. The van der Waals surface area contributed by atoms with Crippen molar-refractivity contribution in [2.24, 2.45) is 5.41 Å². The first-order valence-corrected chi connectivity index (χ1v) is 142. The van der Waals surface area contributed by atoms with Crippen LogP contribution in [0.5, 0.6) is 5.75 Å². The second kappa shape index (κ2) is 113. The molecule has 1 aromatic rings. The molecule has 0 fully saturated rings. The van der Waals surface area contributed by atoms with Gasteiger partial charge in [0, 0.05) is 839 Å². The van der Waals surface area contributed by atoms with E-state index < -0.39 is 5.41 Å². The first-order valence-electron chi connectivity index (χ1n) is 20.5. The highest BCUT2D eigenvalue weighted by atomic mass is 33.6. The van der Waals surface area contributed by atoms with Crippen molar-refractivity contribution in [3.63, 3.8) is 0 Å². The van der Waals surface area contributed by atoms with Gasteiger partial charge in [-0.15, -0.1) is 0 Å². The summed E-state index contributed by atoms with van der Waals surface area (Å²) in [4.78, 5) is 22.7. The van der Waals surface area contributed by atoms with Crippen LogP contribution in [0.3, 0.4) is 0 Å². The molecule has 4 nitrogen and oxygen atoms in total. The van der Waals surface area contributed by atoms with Crippen molar-refractivity contribution in [2.45, 2.75) is 20.8 Å². The Morgan fingerprint density at radius 1 is 0.257 bits per heavy atom. The molecule has 96 heteroatoms. The molecule has 1 amide bonds. The Morgan fingerprint density at radius 3 is 0.486 bits per heavy atom. The number of amides is 1. The average molecular weight is 3190 g/mol. The Hall–Kier alpha value is 18.4.